The molecule has 1 heterocycles. The van der Waals surface area contributed by atoms with Crippen molar-refractivity contribution in [1.29, 1.82) is 0 Å². The molecule has 0 atom stereocenters. The van der Waals surface area contributed by atoms with Gasteiger partial charge in [-0.25, -0.2) is 0 Å². The van der Waals surface area contributed by atoms with E-state index in [1.807, 2.05) is 0 Å². The van der Waals surface area contributed by atoms with Crippen molar-refractivity contribution >= 4 is 23.7 Å². The number of ether oxygens (including phenoxy) is 2. The van der Waals surface area contributed by atoms with Gasteiger partial charge >= 0.3 is 5.97 Å². The van der Waals surface area contributed by atoms with Gasteiger partial charge in [-0.2, -0.15) is 0 Å². The molecule has 146 valence electrons. The van der Waals surface area contributed by atoms with Gasteiger partial charge in [0.15, 0.2) is 6.61 Å². The van der Waals surface area contributed by atoms with E-state index in [0.29, 0.717) is 37.5 Å². The first-order valence-electron chi connectivity index (χ1n) is 8.52. The molecule has 0 spiro atoms. The third-order valence-corrected chi connectivity index (χ3v) is 4.16. The lowest BCUT2D eigenvalue weighted by Crippen LogP contribution is -2.51. The quantitative estimate of drug-likeness (QED) is 0.680. The van der Waals surface area contributed by atoms with Crippen LogP contribution in [0.5, 0.6) is 5.75 Å². The van der Waals surface area contributed by atoms with Crippen molar-refractivity contribution in [3.05, 3.63) is 29.8 Å². The van der Waals surface area contributed by atoms with Crippen LogP contribution in [0, 0.1) is 0 Å². The summed E-state index contributed by atoms with van der Waals surface area (Å²) < 4.78 is 9.95. The van der Waals surface area contributed by atoms with E-state index in [1.165, 1.54) is 14.0 Å². The minimum atomic E-state index is -0.707. The number of nitrogens with zero attached hydrogens (tertiary/aromatic N) is 2. The number of amides is 3. The highest BCUT2D eigenvalue weighted by atomic mass is 16.5. The van der Waals surface area contributed by atoms with Crippen molar-refractivity contribution in [2.24, 2.45) is 0 Å². The van der Waals surface area contributed by atoms with E-state index in [9.17, 15) is 19.2 Å². The number of benzene rings is 1. The van der Waals surface area contributed by atoms with Gasteiger partial charge in [0.05, 0.1) is 7.11 Å². The zero-order valence-electron chi connectivity index (χ0n) is 15.4. The van der Waals surface area contributed by atoms with Crippen molar-refractivity contribution in [2.75, 3.05) is 46.4 Å². The van der Waals surface area contributed by atoms with Crippen LogP contribution in [-0.2, 0) is 19.1 Å². The number of methoxy groups -OCH3 is 1. The van der Waals surface area contributed by atoms with Crippen molar-refractivity contribution < 1.29 is 28.7 Å². The summed E-state index contributed by atoms with van der Waals surface area (Å²) in [6, 6.07) is 6.50. The number of nitrogens with one attached hydrogen (secondary N) is 1. The Morgan fingerprint density at radius 3 is 2.37 bits per heavy atom. The monoisotopic (exact) mass is 377 g/mol. The number of carbonyl (C=O) groups is 4. The molecule has 0 saturated carbocycles. The van der Waals surface area contributed by atoms with E-state index in [2.05, 4.69) is 5.32 Å². The van der Waals surface area contributed by atoms with Gasteiger partial charge in [-0.15, -0.1) is 0 Å². The van der Waals surface area contributed by atoms with Gasteiger partial charge in [0.2, 0.25) is 5.91 Å². The number of rotatable bonds is 6. The summed E-state index contributed by atoms with van der Waals surface area (Å²) in [5, 5.41) is 2.43. The lowest BCUT2D eigenvalue weighted by molar-refractivity contribution is -0.152. The molecule has 2 rings (SSSR count). The first-order valence-corrected chi connectivity index (χ1v) is 8.52. The second-order valence-corrected chi connectivity index (χ2v) is 5.96. The Morgan fingerprint density at radius 2 is 1.74 bits per heavy atom. The average molecular weight is 377 g/mol. The lowest BCUT2D eigenvalue weighted by atomic mass is 10.2. The summed E-state index contributed by atoms with van der Waals surface area (Å²) in [5.74, 6) is -0.980. The summed E-state index contributed by atoms with van der Waals surface area (Å²) in [6.45, 7) is 2.48. The van der Waals surface area contributed by atoms with Crippen LogP contribution in [0.3, 0.4) is 0 Å². The van der Waals surface area contributed by atoms with Gasteiger partial charge < -0.3 is 24.6 Å². The van der Waals surface area contributed by atoms with Crippen LogP contribution in [0.1, 0.15) is 17.3 Å². The fraction of sp³-hybridized carbons (Fsp3) is 0.444. The molecule has 1 aromatic rings. The second-order valence-electron chi connectivity index (χ2n) is 5.96. The molecule has 9 heteroatoms. The van der Waals surface area contributed by atoms with E-state index >= 15 is 0 Å². The summed E-state index contributed by atoms with van der Waals surface area (Å²) in [5.41, 5.74) is 0.349. The van der Waals surface area contributed by atoms with Gasteiger partial charge in [0, 0.05) is 38.7 Å². The Balaban J connectivity index is 1.70. The van der Waals surface area contributed by atoms with Crippen LogP contribution in [0.2, 0.25) is 0 Å². The van der Waals surface area contributed by atoms with Crippen LogP contribution in [0.4, 0.5) is 0 Å². The highest BCUT2D eigenvalue weighted by molar-refractivity contribution is 5.96. The molecule has 0 aromatic heterocycles. The van der Waals surface area contributed by atoms with Crippen LogP contribution >= 0.6 is 0 Å². The summed E-state index contributed by atoms with van der Waals surface area (Å²) in [7, 11) is 1.49. The molecule has 0 radical (unpaired) electrons. The molecule has 0 aliphatic carbocycles. The van der Waals surface area contributed by atoms with E-state index in [0.717, 1.165) is 0 Å². The predicted molar refractivity (Wildman–Crippen MR) is 95.1 cm³/mol. The topological polar surface area (TPSA) is 105 Å². The molecule has 1 N–H and O–H groups in total. The average Bonchev–Trinajstić information content (AvgIpc) is 2.70. The zero-order valence-corrected chi connectivity index (χ0v) is 15.4. The van der Waals surface area contributed by atoms with E-state index in [1.54, 1.807) is 34.1 Å². The Kier molecular flexibility index (Phi) is 7.16. The Labute approximate surface area is 157 Å². The number of hydrogen-bond acceptors (Lipinski definition) is 6. The maximum absolute atomic E-state index is 12.1. The first-order chi connectivity index (χ1) is 12.9. The van der Waals surface area contributed by atoms with Gasteiger partial charge in [-0.1, -0.05) is 6.07 Å². The molecule has 1 aromatic carbocycles. The molecule has 0 unspecified atom stereocenters. The maximum Gasteiger partial charge on any atom is 0.325 e. The molecule has 1 fully saturated rings. The summed E-state index contributed by atoms with van der Waals surface area (Å²) in [6.07, 6.45) is 0. The number of hydrogen-bond donors (Lipinski definition) is 1. The van der Waals surface area contributed by atoms with E-state index in [4.69, 9.17) is 9.47 Å². The van der Waals surface area contributed by atoms with Crippen LogP contribution in [0.25, 0.3) is 0 Å². The molecular formula is C18H23N3O6. The SMILES string of the molecule is COc1cccc(C(=O)NCC(=O)OCC(=O)N2CCN(C(C)=O)CC2)c1. The lowest BCUT2D eigenvalue weighted by Gasteiger charge is -2.34. The summed E-state index contributed by atoms with van der Waals surface area (Å²) >= 11 is 0. The normalized spacial score (nSPS) is 13.7. The third kappa shape index (κ3) is 5.98. The van der Waals surface area contributed by atoms with E-state index < -0.39 is 18.5 Å². The van der Waals surface area contributed by atoms with Crippen molar-refractivity contribution in [2.45, 2.75) is 6.92 Å². The standard InChI is InChI=1S/C18H23N3O6/c1-13(22)20-6-8-21(9-7-20)16(23)12-27-17(24)11-19-18(25)14-4-3-5-15(10-14)26-2/h3-5,10H,6-9,11-12H2,1-2H3,(H,19,25). The molecule has 3 amide bonds. The number of esters is 1. The first kappa shape index (κ1) is 20.2. The Hall–Kier alpha value is -3.10. The molecule has 0 bridgehead atoms. The van der Waals surface area contributed by atoms with Gasteiger partial charge in [0.1, 0.15) is 12.3 Å². The molecule has 27 heavy (non-hydrogen) atoms. The zero-order chi connectivity index (χ0) is 19.8. The number of carbonyl (C=O) groups excluding carboxylic acids is 4. The largest absolute Gasteiger partial charge is 0.497 e. The molecule has 9 nitrogen and oxygen atoms in total. The van der Waals surface area contributed by atoms with Crippen molar-refractivity contribution in [3.63, 3.8) is 0 Å². The van der Waals surface area contributed by atoms with Gasteiger partial charge in [-0.05, 0) is 18.2 Å². The van der Waals surface area contributed by atoms with Crippen molar-refractivity contribution in [1.82, 2.24) is 15.1 Å². The maximum atomic E-state index is 12.1. The third-order valence-electron chi connectivity index (χ3n) is 4.16. The minimum Gasteiger partial charge on any atom is -0.497 e. The molecule has 1 aliphatic heterocycles. The summed E-state index contributed by atoms with van der Waals surface area (Å²) in [4.78, 5) is 50.3. The number of piperazine rings is 1. The van der Waals surface area contributed by atoms with Crippen LogP contribution < -0.4 is 10.1 Å². The Bertz CT molecular complexity index is 713. The van der Waals surface area contributed by atoms with Gasteiger partial charge in [0.25, 0.3) is 11.8 Å². The molecule has 1 saturated heterocycles. The smallest absolute Gasteiger partial charge is 0.325 e. The predicted octanol–water partition coefficient (Wildman–Crippen LogP) is -0.341. The minimum absolute atomic E-state index is 0.0275. The highest BCUT2D eigenvalue weighted by Crippen LogP contribution is 2.12. The van der Waals surface area contributed by atoms with E-state index in [-0.39, 0.29) is 18.4 Å². The molecule has 1 aliphatic rings. The fourth-order valence-electron chi connectivity index (χ4n) is 2.57. The second kappa shape index (κ2) is 9.56. The Morgan fingerprint density at radius 1 is 1.07 bits per heavy atom. The van der Waals surface area contributed by atoms with Gasteiger partial charge in [-0.3, -0.25) is 19.2 Å². The van der Waals surface area contributed by atoms with Crippen LogP contribution in [-0.4, -0.2) is 79.9 Å². The molecular weight excluding hydrogens is 354 g/mol. The fourth-order valence-corrected chi connectivity index (χ4v) is 2.57. The van der Waals surface area contributed by atoms with Crippen molar-refractivity contribution in [3.8, 4) is 5.75 Å². The highest BCUT2D eigenvalue weighted by Gasteiger charge is 2.23. The van der Waals surface area contributed by atoms with Crippen LogP contribution in [0.15, 0.2) is 24.3 Å².